The summed E-state index contributed by atoms with van der Waals surface area (Å²) in [6.07, 6.45) is 6.45. The monoisotopic (exact) mass is 160 g/mol. The largest absolute Gasteiger partial charge is 2.00 e. The molecule has 0 aromatic heterocycles. The van der Waals surface area contributed by atoms with E-state index in [1.807, 2.05) is 13.8 Å². The van der Waals surface area contributed by atoms with Gasteiger partial charge in [0.15, 0.2) is 0 Å². The Labute approximate surface area is 86.9 Å². The van der Waals surface area contributed by atoms with E-state index >= 15 is 0 Å². The molecule has 0 aliphatic carbocycles. The molecule has 1 heteroatoms. The third-order valence-corrected chi connectivity index (χ3v) is 1.15. The Bertz CT molecular complexity index is 109. The maximum atomic E-state index is 3.78. The van der Waals surface area contributed by atoms with Gasteiger partial charge in [-0.05, 0) is 0 Å². The Morgan fingerprint density at radius 1 is 1.00 bits per heavy atom. The van der Waals surface area contributed by atoms with Gasteiger partial charge in [-0.15, -0.1) is 12.8 Å². The van der Waals surface area contributed by atoms with Crippen LogP contribution in [0.5, 0.6) is 0 Å². The molecule has 0 aliphatic rings. The first kappa shape index (κ1) is 13.6. The summed E-state index contributed by atoms with van der Waals surface area (Å²) in [6, 6.07) is 0. The third kappa shape index (κ3) is 13.0. The number of hydrogen-bond donors (Lipinski definition) is 0. The van der Waals surface area contributed by atoms with Crippen molar-refractivity contribution in [1.29, 1.82) is 0 Å². The fourth-order valence-electron chi connectivity index (χ4n) is 0.659. The van der Waals surface area contributed by atoms with Crippen LogP contribution in [0.15, 0.2) is 24.3 Å². The van der Waals surface area contributed by atoms with E-state index in [4.69, 9.17) is 0 Å². The van der Waals surface area contributed by atoms with E-state index in [1.54, 1.807) is 0 Å². The maximum Gasteiger partial charge on any atom is 2.00 e. The van der Waals surface area contributed by atoms with Gasteiger partial charge >= 0.3 is 23.1 Å². The maximum absolute atomic E-state index is 3.78. The summed E-state index contributed by atoms with van der Waals surface area (Å²) in [5, 5.41) is 0. The second-order valence-corrected chi connectivity index (χ2v) is 2.68. The van der Waals surface area contributed by atoms with Crippen LogP contribution in [-0.2, 0) is 0 Å². The van der Waals surface area contributed by atoms with Gasteiger partial charge in [0.05, 0.1) is 0 Å². The van der Waals surface area contributed by atoms with Gasteiger partial charge in [0.1, 0.15) is 0 Å². The molecule has 0 aromatic carbocycles. The van der Waals surface area contributed by atoms with Crippen LogP contribution >= 0.6 is 0 Å². The third-order valence-electron chi connectivity index (χ3n) is 1.15. The van der Waals surface area contributed by atoms with Gasteiger partial charge in [0.25, 0.3) is 0 Å². The topological polar surface area (TPSA) is 0 Å². The number of allylic oxidation sites excluding steroid dienone is 2. The zero-order chi connectivity index (χ0) is 7.98. The average molecular weight is 161 g/mol. The Kier molecular flexibility index (Phi) is 9.97. The van der Waals surface area contributed by atoms with Crippen molar-refractivity contribution < 1.29 is 0 Å². The predicted octanol–water partition coefficient (Wildman–Crippen LogP) is 2.95. The van der Waals surface area contributed by atoms with Crippen LogP contribution in [0.1, 0.15) is 26.7 Å². The molecule has 0 bridgehead atoms. The molecule has 58 valence electrons. The van der Waals surface area contributed by atoms with Gasteiger partial charge in [0, 0.05) is 0 Å². The number of unbranched alkanes of at least 4 members (excludes halogenated alkanes) is 1. The summed E-state index contributed by atoms with van der Waals surface area (Å²) >= 11 is 0. The molecule has 0 aliphatic heterocycles. The molecule has 0 heterocycles. The molecule has 0 fully saturated rings. The summed E-state index contributed by atoms with van der Waals surface area (Å²) < 4.78 is 0. The van der Waals surface area contributed by atoms with E-state index < -0.39 is 0 Å². The quantitative estimate of drug-likeness (QED) is 0.330. The second kappa shape index (κ2) is 8.09. The molecule has 0 N–H and O–H groups in total. The van der Waals surface area contributed by atoms with Crippen molar-refractivity contribution in [3.8, 4) is 0 Å². The van der Waals surface area contributed by atoms with Gasteiger partial charge in [-0.1, -0.05) is 13.8 Å². The van der Waals surface area contributed by atoms with Crippen molar-refractivity contribution in [3.05, 3.63) is 37.1 Å². The molecule has 0 rings (SSSR count). The molecule has 0 nitrogen and oxygen atoms in total. The fraction of sp³-hybridized carbons (Fsp3) is 0.400. The van der Waals surface area contributed by atoms with Gasteiger partial charge in [-0.25, -0.2) is 37.1 Å². The van der Waals surface area contributed by atoms with Crippen LogP contribution in [0, 0.1) is 12.8 Å². The van der Waals surface area contributed by atoms with Crippen LogP contribution in [0.25, 0.3) is 0 Å². The standard InChI is InChI=1S/C10H16.Mg/c1-9(2)7-5-6-8-10(3)4;/h7-8H,1,3,5-6H2,2,4H3;/q-2;+2. The van der Waals surface area contributed by atoms with Crippen LogP contribution in [0.3, 0.4) is 0 Å². The summed E-state index contributed by atoms with van der Waals surface area (Å²) in [7, 11) is 0. The number of rotatable bonds is 5. The molecule has 0 amide bonds. The van der Waals surface area contributed by atoms with E-state index in [1.165, 1.54) is 0 Å². The fourth-order valence-corrected chi connectivity index (χ4v) is 0.659. The zero-order valence-electron chi connectivity index (χ0n) is 7.69. The summed E-state index contributed by atoms with van der Waals surface area (Å²) in [4.78, 5) is 0. The Morgan fingerprint density at radius 2 is 1.27 bits per heavy atom. The molecule has 0 spiro atoms. The minimum atomic E-state index is 0. The first-order valence-corrected chi connectivity index (χ1v) is 3.60. The first-order chi connectivity index (χ1) is 4.63. The van der Waals surface area contributed by atoms with Crippen LogP contribution in [-0.4, -0.2) is 23.1 Å². The summed E-state index contributed by atoms with van der Waals surface area (Å²) in [5.41, 5.74) is 2.30. The average Bonchev–Trinajstić information content (AvgIpc) is 1.79. The van der Waals surface area contributed by atoms with E-state index in [0.717, 1.165) is 24.0 Å². The molecule has 0 aromatic rings. The Balaban J connectivity index is 0. The number of hydrogen-bond acceptors (Lipinski definition) is 0. The van der Waals surface area contributed by atoms with Crippen molar-refractivity contribution in [1.82, 2.24) is 0 Å². The molecule has 11 heavy (non-hydrogen) atoms. The smallest absolute Gasteiger partial charge is 0.242 e. The van der Waals surface area contributed by atoms with E-state index in [9.17, 15) is 0 Å². The predicted molar refractivity (Wildman–Crippen MR) is 53.2 cm³/mol. The van der Waals surface area contributed by atoms with E-state index in [2.05, 4.69) is 26.0 Å². The molecular formula is C10H16Mg. The Morgan fingerprint density at radius 3 is 1.45 bits per heavy atom. The minimum Gasteiger partial charge on any atom is -0.242 e. The zero-order valence-corrected chi connectivity index (χ0v) is 9.10. The van der Waals surface area contributed by atoms with Gasteiger partial charge < -0.3 is 0 Å². The van der Waals surface area contributed by atoms with Gasteiger partial charge in [-0.3, -0.25) is 0 Å². The molecule has 0 unspecified atom stereocenters. The van der Waals surface area contributed by atoms with Crippen LogP contribution in [0.2, 0.25) is 0 Å². The Hall–Kier alpha value is -0.0138. The molecule has 0 saturated heterocycles. The van der Waals surface area contributed by atoms with Crippen molar-refractivity contribution in [3.63, 3.8) is 0 Å². The summed E-state index contributed by atoms with van der Waals surface area (Å²) in [6.45, 7) is 11.6. The van der Waals surface area contributed by atoms with Crippen molar-refractivity contribution >= 4 is 23.1 Å². The van der Waals surface area contributed by atoms with Gasteiger partial charge in [0.2, 0.25) is 0 Å². The van der Waals surface area contributed by atoms with Crippen LogP contribution < -0.4 is 0 Å². The van der Waals surface area contributed by atoms with Crippen molar-refractivity contribution in [2.24, 2.45) is 0 Å². The summed E-state index contributed by atoms with van der Waals surface area (Å²) in [5.74, 6) is 0. The van der Waals surface area contributed by atoms with Crippen molar-refractivity contribution in [2.75, 3.05) is 0 Å². The normalized spacial score (nSPS) is 7.82. The molecule has 0 atom stereocenters. The second-order valence-electron chi connectivity index (χ2n) is 2.68. The van der Waals surface area contributed by atoms with Gasteiger partial charge in [-0.2, -0.15) is 0 Å². The molecular weight excluding hydrogens is 144 g/mol. The van der Waals surface area contributed by atoms with E-state index in [0.29, 0.717) is 0 Å². The van der Waals surface area contributed by atoms with Crippen molar-refractivity contribution in [2.45, 2.75) is 26.7 Å². The SMILES string of the molecule is C=C(C)[CH-]CC[CH-]C(=C)C.[Mg+2]. The molecule has 0 saturated carbocycles. The molecule has 0 radical (unpaired) electrons. The minimum absolute atomic E-state index is 0. The van der Waals surface area contributed by atoms with Crippen LogP contribution in [0.4, 0.5) is 0 Å². The first-order valence-electron chi connectivity index (χ1n) is 3.60. The van der Waals surface area contributed by atoms with E-state index in [-0.39, 0.29) is 23.1 Å².